The average Bonchev–Trinajstić information content (AvgIpc) is 3.77. The van der Waals surface area contributed by atoms with Crippen molar-refractivity contribution in [3.05, 3.63) is 60.4 Å². The number of aliphatic hydroxyl groups excluding tert-OH is 1. The summed E-state index contributed by atoms with van der Waals surface area (Å²) in [5.41, 5.74) is 1.73. The lowest BCUT2D eigenvalue weighted by Crippen LogP contribution is -2.44. The molecular weight excluding hydrogens is 520 g/mol. The molecule has 3 heterocycles. The third kappa shape index (κ3) is 5.58. The van der Waals surface area contributed by atoms with Gasteiger partial charge in [0.1, 0.15) is 10.6 Å². The van der Waals surface area contributed by atoms with Gasteiger partial charge >= 0.3 is 6.03 Å². The summed E-state index contributed by atoms with van der Waals surface area (Å²) < 4.78 is 31.9. The number of benzene rings is 1. The highest BCUT2D eigenvalue weighted by Gasteiger charge is 2.58. The molecule has 2 fully saturated rings. The number of aliphatic hydroxyl groups is 1. The van der Waals surface area contributed by atoms with Gasteiger partial charge < -0.3 is 25.4 Å². The molecule has 1 aromatic carbocycles. The van der Waals surface area contributed by atoms with E-state index in [1.807, 2.05) is 6.92 Å². The summed E-state index contributed by atoms with van der Waals surface area (Å²) >= 11 is 0. The van der Waals surface area contributed by atoms with E-state index < -0.39 is 14.6 Å². The largest absolute Gasteiger partial charge is 0.396 e. The molecule has 2 aromatic heterocycles. The topological polar surface area (TPSA) is 147 Å². The van der Waals surface area contributed by atoms with Gasteiger partial charge in [-0.1, -0.05) is 6.07 Å². The van der Waals surface area contributed by atoms with Gasteiger partial charge in [-0.15, -0.1) is 0 Å². The van der Waals surface area contributed by atoms with Crippen molar-refractivity contribution in [2.75, 3.05) is 43.1 Å². The third-order valence-electron chi connectivity index (χ3n) is 6.99. The number of carbonyl (C=O) groups is 1. The minimum absolute atomic E-state index is 0.00368. The van der Waals surface area contributed by atoms with E-state index in [9.17, 15) is 13.2 Å². The number of carbonyl (C=O) groups excluding carboxylic acids is 1. The van der Waals surface area contributed by atoms with Gasteiger partial charge in [-0.2, -0.15) is 0 Å². The zero-order chi connectivity index (χ0) is 27.5. The van der Waals surface area contributed by atoms with Crippen molar-refractivity contribution in [1.29, 1.82) is 0 Å². The van der Waals surface area contributed by atoms with Crippen molar-refractivity contribution in [3.8, 4) is 11.4 Å². The Labute approximate surface area is 227 Å². The fraction of sp³-hybridized carbons (Fsp3) is 0.407. The number of pyridine rings is 1. The van der Waals surface area contributed by atoms with Gasteiger partial charge in [-0.05, 0) is 62.6 Å². The Bertz CT molecular complexity index is 1410. The first-order valence-electron chi connectivity index (χ1n) is 13.0. The molecule has 5 rings (SSSR count). The molecule has 206 valence electrons. The molecule has 3 N–H and O–H groups in total. The van der Waals surface area contributed by atoms with Crippen LogP contribution in [0.15, 0.2) is 59.8 Å². The lowest BCUT2D eigenvalue weighted by Gasteiger charge is -2.34. The highest BCUT2D eigenvalue weighted by Crippen LogP contribution is 2.54. The van der Waals surface area contributed by atoms with E-state index in [4.69, 9.17) is 19.8 Å². The van der Waals surface area contributed by atoms with Crippen molar-refractivity contribution in [2.45, 2.75) is 42.0 Å². The highest BCUT2D eigenvalue weighted by molar-refractivity contribution is 7.92. The lowest BCUT2D eigenvalue weighted by molar-refractivity contribution is 0.0985. The van der Waals surface area contributed by atoms with E-state index in [1.165, 1.54) is 12.3 Å². The Balaban J connectivity index is 1.50. The first-order valence-corrected chi connectivity index (χ1v) is 14.5. The van der Waals surface area contributed by atoms with E-state index in [0.29, 0.717) is 74.2 Å². The van der Waals surface area contributed by atoms with Crippen LogP contribution in [0.1, 0.15) is 31.9 Å². The monoisotopic (exact) mass is 552 g/mol. The maximum Gasteiger partial charge on any atom is 0.319 e. The van der Waals surface area contributed by atoms with E-state index in [-0.39, 0.29) is 23.7 Å². The smallest absolute Gasteiger partial charge is 0.319 e. The van der Waals surface area contributed by atoms with Crippen LogP contribution in [0.25, 0.3) is 11.4 Å². The molecule has 0 bridgehead atoms. The zero-order valence-electron chi connectivity index (χ0n) is 21.7. The van der Waals surface area contributed by atoms with Crippen LogP contribution in [0, 0.1) is 0 Å². The van der Waals surface area contributed by atoms with Crippen LogP contribution in [-0.4, -0.2) is 73.5 Å². The second-order valence-electron chi connectivity index (χ2n) is 9.75. The van der Waals surface area contributed by atoms with Crippen molar-refractivity contribution in [1.82, 2.24) is 20.3 Å². The zero-order valence-corrected chi connectivity index (χ0v) is 22.5. The number of morpholine rings is 1. The van der Waals surface area contributed by atoms with Gasteiger partial charge in [0.2, 0.25) is 9.84 Å². The first-order chi connectivity index (χ1) is 18.8. The number of nitrogens with zero attached hydrogens (tertiary/aromatic N) is 4. The van der Waals surface area contributed by atoms with Gasteiger partial charge in [-0.3, -0.25) is 0 Å². The van der Waals surface area contributed by atoms with E-state index >= 15 is 0 Å². The molecular formula is C27H32N6O5S. The molecule has 1 saturated carbocycles. The second-order valence-corrected chi connectivity index (χ2v) is 12.0. The first kappa shape index (κ1) is 27.0. The van der Waals surface area contributed by atoms with Crippen LogP contribution in [-0.2, 0) is 19.3 Å². The molecule has 2 amide bonds. The predicted octanol–water partition coefficient (Wildman–Crippen LogP) is 2.73. The standard InChI is InChI=1S/C27H32N6O5S/c1-19-18-38-16-14-33(19)23-17-22(27(10-11-27)39(36,37)24-5-2-3-12-28-24)31-25(32-23)20-6-8-21(9-7-20)30-26(35)29-13-4-15-34/h2-3,5-9,12,17,19,34H,4,10-11,13-16,18H2,1H3,(H2,29,30,35)/t19-/m0/s1. The van der Waals surface area contributed by atoms with Crippen molar-refractivity contribution < 1.29 is 23.1 Å². The number of hydrogen-bond acceptors (Lipinski definition) is 9. The molecule has 3 aromatic rings. The van der Waals surface area contributed by atoms with Crippen LogP contribution >= 0.6 is 0 Å². The highest BCUT2D eigenvalue weighted by atomic mass is 32.2. The summed E-state index contributed by atoms with van der Waals surface area (Å²) in [5, 5.41) is 14.3. The Morgan fingerprint density at radius 1 is 1.18 bits per heavy atom. The van der Waals surface area contributed by atoms with Crippen LogP contribution in [0.3, 0.4) is 0 Å². The number of aromatic nitrogens is 3. The maximum absolute atomic E-state index is 13.7. The van der Waals surface area contributed by atoms with Gasteiger partial charge in [0.25, 0.3) is 0 Å². The van der Waals surface area contributed by atoms with Gasteiger partial charge in [0, 0.05) is 43.2 Å². The van der Waals surface area contributed by atoms with Gasteiger partial charge in [0.15, 0.2) is 10.9 Å². The summed E-state index contributed by atoms with van der Waals surface area (Å²) in [4.78, 5) is 27.9. The molecule has 2 aliphatic rings. The molecule has 1 aliphatic carbocycles. The Kier molecular flexibility index (Phi) is 7.78. The van der Waals surface area contributed by atoms with E-state index in [0.717, 1.165) is 0 Å². The number of amides is 2. The van der Waals surface area contributed by atoms with Crippen molar-refractivity contribution in [2.24, 2.45) is 0 Å². The Morgan fingerprint density at radius 2 is 1.97 bits per heavy atom. The number of nitrogens with one attached hydrogen (secondary N) is 2. The van der Waals surface area contributed by atoms with Gasteiger partial charge in [0.05, 0.1) is 24.9 Å². The average molecular weight is 553 g/mol. The SMILES string of the molecule is C[C@H]1COCCN1c1cc(C2(S(=O)(=O)c3ccccn3)CC2)nc(-c2ccc(NC(=O)NCCCO)cc2)n1. The maximum atomic E-state index is 13.7. The van der Waals surface area contributed by atoms with Crippen LogP contribution < -0.4 is 15.5 Å². The van der Waals surface area contributed by atoms with Gasteiger partial charge in [-0.25, -0.2) is 28.2 Å². The molecule has 1 atom stereocenters. The summed E-state index contributed by atoms with van der Waals surface area (Å²) in [6.45, 7) is 4.15. The number of urea groups is 1. The molecule has 1 aliphatic heterocycles. The number of sulfone groups is 1. The predicted molar refractivity (Wildman–Crippen MR) is 146 cm³/mol. The minimum atomic E-state index is -3.79. The third-order valence-corrected chi connectivity index (χ3v) is 9.43. The van der Waals surface area contributed by atoms with Crippen LogP contribution in [0.4, 0.5) is 16.3 Å². The molecule has 1 saturated heterocycles. The second kappa shape index (κ2) is 11.2. The molecule has 0 spiro atoms. The number of hydrogen-bond donors (Lipinski definition) is 3. The Hall–Kier alpha value is -3.61. The molecule has 12 heteroatoms. The number of anilines is 2. The quantitative estimate of drug-likeness (QED) is 0.341. The molecule has 11 nitrogen and oxygen atoms in total. The fourth-order valence-corrected chi connectivity index (χ4v) is 6.53. The summed E-state index contributed by atoms with van der Waals surface area (Å²) in [6.07, 6.45) is 2.86. The van der Waals surface area contributed by atoms with Crippen LogP contribution in [0.5, 0.6) is 0 Å². The van der Waals surface area contributed by atoms with Crippen molar-refractivity contribution in [3.63, 3.8) is 0 Å². The summed E-state index contributed by atoms with van der Waals surface area (Å²) in [6, 6.07) is 13.4. The van der Waals surface area contributed by atoms with E-state index in [1.54, 1.807) is 42.5 Å². The van der Waals surface area contributed by atoms with E-state index in [2.05, 4.69) is 20.5 Å². The normalized spacial score (nSPS) is 18.4. The number of ether oxygens (including phenoxy) is 1. The lowest BCUT2D eigenvalue weighted by atomic mass is 10.1. The molecule has 0 radical (unpaired) electrons. The minimum Gasteiger partial charge on any atom is -0.396 e. The molecule has 0 unspecified atom stereocenters. The summed E-state index contributed by atoms with van der Waals surface area (Å²) in [7, 11) is -3.79. The number of rotatable bonds is 9. The summed E-state index contributed by atoms with van der Waals surface area (Å²) in [5.74, 6) is 1.06. The van der Waals surface area contributed by atoms with Crippen LogP contribution in [0.2, 0.25) is 0 Å². The van der Waals surface area contributed by atoms with Crippen molar-refractivity contribution >= 4 is 27.4 Å². The molecule has 39 heavy (non-hydrogen) atoms. The Morgan fingerprint density at radius 3 is 2.64 bits per heavy atom. The fourth-order valence-electron chi connectivity index (χ4n) is 4.65.